The quantitative estimate of drug-likeness (QED) is 0.762. The summed E-state index contributed by atoms with van der Waals surface area (Å²) in [7, 11) is 1.51. The number of methoxy groups -OCH3 is 1. The van der Waals surface area contributed by atoms with Crippen LogP contribution in [0.25, 0.3) is 6.08 Å². The summed E-state index contributed by atoms with van der Waals surface area (Å²) in [6.45, 7) is -0.462. The van der Waals surface area contributed by atoms with Crippen LogP contribution in [0, 0.1) is 0 Å². The first-order chi connectivity index (χ1) is 13.0. The average Bonchev–Trinajstić information content (AvgIpc) is 2.93. The van der Waals surface area contributed by atoms with Gasteiger partial charge in [-0.25, -0.2) is 9.69 Å². The molecule has 2 aromatic carbocycles. The summed E-state index contributed by atoms with van der Waals surface area (Å²) in [4.78, 5) is 37.0. The fraction of sp³-hybridized carbons (Fsp3) is 0.105. The number of imide groups is 1. The van der Waals surface area contributed by atoms with Crippen molar-refractivity contribution < 1.29 is 29.0 Å². The molecule has 2 aromatic rings. The van der Waals surface area contributed by atoms with Crippen molar-refractivity contribution in [1.82, 2.24) is 0 Å². The van der Waals surface area contributed by atoms with E-state index in [1.165, 1.54) is 7.11 Å². The summed E-state index contributed by atoms with van der Waals surface area (Å²) < 4.78 is 10.3. The summed E-state index contributed by atoms with van der Waals surface area (Å²) in [5, 5.41) is 8.27. The Hall–Kier alpha value is -3.26. The Morgan fingerprint density at radius 2 is 1.89 bits per heavy atom. The predicted molar refractivity (Wildman–Crippen MR) is 101 cm³/mol. The molecule has 27 heavy (non-hydrogen) atoms. The van der Waals surface area contributed by atoms with Gasteiger partial charge in [0.15, 0.2) is 6.61 Å². The molecule has 1 N–H and O–H groups in total. The van der Waals surface area contributed by atoms with E-state index in [-0.39, 0.29) is 4.91 Å². The lowest BCUT2D eigenvalue weighted by Gasteiger charge is -2.13. The van der Waals surface area contributed by atoms with Crippen molar-refractivity contribution in [2.24, 2.45) is 0 Å². The number of ether oxygens (including phenoxy) is 2. The lowest BCUT2D eigenvalue weighted by Crippen LogP contribution is -2.27. The van der Waals surface area contributed by atoms with E-state index in [0.29, 0.717) is 22.7 Å². The van der Waals surface area contributed by atoms with Crippen LogP contribution in [0.1, 0.15) is 5.56 Å². The fourth-order valence-electron chi connectivity index (χ4n) is 2.43. The molecule has 1 heterocycles. The average molecular weight is 385 g/mol. The first-order valence-electron chi connectivity index (χ1n) is 7.84. The van der Waals surface area contributed by atoms with E-state index in [2.05, 4.69) is 0 Å². The number of carbonyl (C=O) groups is 3. The molecule has 138 valence electrons. The van der Waals surface area contributed by atoms with Gasteiger partial charge in [-0.3, -0.25) is 9.59 Å². The molecule has 1 fully saturated rings. The van der Waals surface area contributed by atoms with Crippen LogP contribution >= 0.6 is 11.8 Å². The number of anilines is 1. The highest BCUT2D eigenvalue weighted by atomic mass is 32.2. The van der Waals surface area contributed by atoms with Crippen molar-refractivity contribution >= 4 is 40.6 Å². The highest BCUT2D eigenvalue weighted by molar-refractivity contribution is 8.19. The number of aliphatic carboxylic acids is 1. The molecular formula is C19H15NO6S. The minimum absolute atomic E-state index is 0.262. The number of hydrogen-bond donors (Lipinski definition) is 1. The summed E-state index contributed by atoms with van der Waals surface area (Å²) in [6.07, 6.45) is 1.57. The van der Waals surface area contributed by atoms with Gasteiger partial charge in [0.1, 0.15) is 11.5 Å². The third-order valence-electron chi connectivity index (χ3n) is 3.62. The molecule has 7 nitrogen and oxygen atoms in total. The number of amides is 2. The van der Waals surface area contributed by atoms with Crippen LogP contribution in [0.15, 0.2) is 53.4 Å². The molecule has 0 bridgehead atoms. The van der Waals surface area contributed by atoms with Crippen molar-refractivity contribution in [1.29, 1.82) is 0 Å². The van der Waals surface area contributed by atoms with Gasteiger partial charge in [-0.2, -0.15) is 0 Å². The van der Waals surface area contributed by atoms with E-state index in [4.69, 9.17) is 14.6 Å². The monoisotopic (exact) mass is 385 g/mol. The van der Waals surface area contributed by atoms with Gasteiger partial charge in [-0.15, -0.1) is 0 Å². The van der Waals surface area contributed by atoms with E-state index in [1.807, 2.05) is 0 Å². The molecule has 1 aliphatic rings. The van der Waals surface area contributed by atoms with E-state index < -0.39 is 23.7 Å². The third-order valence-corrected chi connectivity index (χ3v) is 4.49. The van der Waals surface area contributed by atoms with Gasteiger partial charge in [0, 0.05) is 6.07 Å². The zero-order chi connectivity index (χ0) is 19.4. The van der Waals surface area contributed by atoms with Gasteiger partial charge >= 0.3 is 5.97 Å². The Balaban J connectivity index is 1.84. The summed E-state index contributed by atoms with van der Waals surface area (Å²) in [5.74, 6) is -0.619. The van der Waals surface area contributed by atoms with Crippen LogP contribution in [0.5, 0.6) is 11.5 Å². The van der Waals surface area contributed by atoms with Gasteiger partial charge in [-0.1, -0.05) is 18.2 Å². The molecule has 0 aliphatic carbocycles. The molecule has 0 aromatic heterocycles. The minimum atomic E-state index is -1.08. The smallest absolute Gasteiger partial charge is 0.341 e. The van der Waals surface area contributed by atoms with Crippen LogP contribution in [0.4, 0.5) is 10.5 Å². The van der Waals surface area contributed by atoms with Crippen molar-refractivity contribution in [2.45, 2.75) is 0 Å². The maximum absolute atomic E-state index is 12.7. The topological polar surface area (TPSA) is 93.1 Å². The SMILES string of the molecule is COc1cccc(N2C(=O)S/C(=C/c3cccc(OCC(=O)O)c3)C2=O)c1. The van der Waals surface area contributed by atoms with Gasteiger partial charge in [-0.05, 0) is 47.7 Å². The van der Waals surface area contributed by atoms with Crippen LogP contribution in [0.2, 0.25) is 0 Å². The standard InChI is InChI=1S/C19H15NO6S/c1-25-14-6-3-5-13(10-14)20-18(23)16(27-19(20)24)9-12-4-2-7-15(8-12)26-11-17(21)22/h2-10H,11H2,1H3,(H,21,22)/b16-9+. The second kappa shape index (κ2) is 7.96. The number of benzene rings is 2. The number of thioether (sulfide) groups is 1. The number of carboxylic acid groups (broad SMARTS) is 1. The fourth-order valence-corrected chi connectivity index (χ4v) is 3.27. The summed E-state index contributed by atoms with van der Waals surface area (Å²) >= 11 is 0.832. The van der Waals surface area contributed by atoms with Crippen LogP contribution in [-0.2, 0) is 9.59 Å². The lowest BCUT2D eigenvalue weighted by atomic mass is 10.2. The molecule has 0 saturated carbocycles. The lowest BCUT2D eigenvalue weighted by molar-refractivity contribution is -0.139. The van der Waals surface area contributed by atoms with Gasteiger partial charge in [0.2, 0.25) is 0 Å². The second-order valence-electron chi connectivity index (χ2n) is 5.47. The van der Waals surface area contributed by atoms with Crippen molar-refractivity contribution in [3.05, 3.63) is 59.0 Å². The maximum atomic E-state index is 12.7. The van der Waals surface area contributed by atoms with E-state index in [0.717, 1.165) is 16.7 Å². The minimum Gasteiger partial charge on any atom is -0.497 e. The van der Waals surface area contributed by atoms with Crippen LogP contribution in [0.3, 0.4) is 0 Å². The van der Waals surface area contributed by atoms with Gasteiger partial charge < -0.3 is 14.6 Å². The zero-order valence-electron chi connectivity index (χ0n) is 14.2. The van der Waals surface area contributed by atoms with Crippen LogP contribution < -0.4 is 14.4 Å². The number of nitrogens with zero attached hydrogens (tertiary/aromatic N) is 1. The summed E-state index contributed by atoms with van der Waals surface area (Å²) in [5.41, 5.74) is 1.05. The zero-order valence-corrected chi connectivity index (χ0v) is 15.1. The van der Waals surface area contributed by atoms with Crippen molar-refractivity contribution in [3.8, 4) is 11.5 Å². The third kappa shape index (κ3) is 4.29. The number of carboxylic acids is 1. The van der Waals surface area contributed by atoms with Crippen molar-refractivity contribution in [2.75, 3.05) is 18.6 Å². The first kappa shape index (κ1) is 18.5. The Morgan fingerprint density at radius 1 is 1.15 bits per heavy atom. The highest BCUT2D eigenvalue weighted by Gasteiger charge is 2.36. The van der Waals surface area contributed by atoms with Gasteiger partial charge in [0.05, 0.1) is 17.7 Å². The van der Waals surface area contributed by atoms with Crippen LogP contribution in [-0.4, -0.2) is 35.9 Å². The summed E-state index contributed by atoms with van der Waals surface area (Å²) in [6, 6.07) is 13.3. The largest absolute Gasteiger partial charge is 0.497 e. The molecule has 1 aliphatic heterocycles. The molecule has 0 spiro atoms. The Kier molecular flexibility index (Phi) is 5.46. The highest BCUT2D eigenvalue weighted by Crippen LogP contribution is 2.36. The molecule has 2 amide bonds. The van der Waals surface area contributed by atoms with E-state index in [9.17, 15) is 14.4 Å². The van der Waals surface area contributed by atoms with Crippen molar-refractivity contribution in [3.63, 3.8) is 0 Å². The molecule has 8 heteroatoms. The molecule has 0 unspecified atom stereocenters. The molecule has 0 atom stereocenters. The predicted octanol–water partition coefficient (Wildman–Crippen LogP) is 3.40. The Morgan fingerprint density at radius 3 is 2.63 bits per heavy atom. The maximum Gasteiger partial charge on any atom is 0.341 e. The second-order valence-corrected chi connectivity index (χ2v) is 6.47. The number of hydrogen-bond acceptors (Lipinski definition) is 6. The number of rotatable bonds is 6. The van der Waals surface area contributed by atoms with Gasteiger partial charge in [0.25, 0.3) is 11.1 Å². The molecular weight excluding hydrogens is 370 g/mol. The van der Waals surface area contributed by atoms with E-state index in [1.54, 1.807) is 54.6 Å². The normalized spacial score (nSPS) is 15.3. The molecule has 0 radical (unpaired) electrons. The van der Waals surface area contributed by atoms with E-state index >= 15 is 0 Å². The number of carbonyl (C=O) groups excluding carboxylic acids is 2. The Labute approximate surface area is 159 Å². The Bertz CT molecular complexity index is 939. The molecule has 3 rings (SSSR count). The molecule has 1 saturated heterocycles. The first-order valence-corrected chi connectivity index (χ1v) is 8.66.